The van der Waals surface area contributed by atoms with Crippen LogP contribution in [0.15, 0.2) is 0 Å². The zero-order valence-corrected chi connectivity index (χ0v) is 11.0. The molecule has 0 aromatic carbocycles. The molecule has 0 aromatic heterocycles. The molecule has 0 radical (unpaired) electrons. The molecule has 3 heteroatoms. The van der Waals surface area contributed by atoms with E-state index >= 15 is 0 Å². The molecule has 1 aliphatic heterocycles. The first-order chi connectivity index (χ1) is 7.41. The van der Waals surface area contributed by atoms with Crippen molar-refractivity contribution < 1.29 is 4.74 Å². The monoisotopic (exact) mass is 224 g/mol. The summed E-state index contributed by atoms with van der Waals surface area (Å²) >= 11 is 0. The van der Waals surface area contributed by atoms with E-state index in [1.54, 1.807) is 0 Å². The van der Waals surface area contributed by atoms with Crippen molar-refractivity contribution in [1.29, 1.82) is 5.26 Å². The number of nitrogens with one attached hydrogen (secondary N) is 1. The van der Waals surface area contributed by atoms with Crippen LogP contribution >= 0.6 is 0 Å². The molecular weight excluding hydrogens is 200 g/mol. The summed E-state index contributed by atoms with van der Waals surface area (Å²) in [6.45, 7) is 9.87. The van der Waals surface area contributed by atoms with Crippen LogP contribution in [0.5, 0.6) is 0 Å². The van der Waals surface area contributed by atoms with E-state index in [0.29, 0.717) is 6.04 Å². The van der Waals surface area contributed by atoms with Gasteiger partial charge in [-0.3, -0.25) is 0 Å². The molecule has 0 bridgehead atoms. The van der Waals surface area contributed by atoms with Gasteiger partial charge in [-0.15, -0.1) is 0 Å². The Labute approximate surface area is 99.2 Å². The minimum atomic E-state index is -0.277. The van der Waals surface area contributed by atoms with Crippen molar-refractivity contribution in [3.8, 4) is 6.07 Å². The van der Waals surface area contributed by atoms with E-state index in [1.165, 1.54) is 0 Å². The van der Waals surface area contributed by atoms with Gasteiger partial charge < -0.3 is 10.1 Å². The zero-order valence-electron chi connectivity index (χ0n) is 11.0. The molecule has 0 spiro atoms. The number of hydrogen-bond acceptors (Lipinski definition) is 3. The highest BCUT2D eigenvalue weighted by atomic mass is 16.5. The van der Waals surface area contributed by atoms with E-state index in [4.69, 9.17) is 10.00 Å². The number of hydrogen-bond donors (Lipinski definition) is 1. The summed E-state index contributed by atoms with van der Waals surface area (Å²) < 4.78 is 5.80. The molecule has 0 aromatic rings. The van der Waals surface area contributed by atoms with E-state index in [9.17, 15) is 0 Å². The summed E-state index contributed by atoms with van der Waals surface area (Å²) in [5, 5.41) is 12.5. The Morgan fingerprint density at radius 1 is 1.56 bits per heavy atom. The Morgan fingerprint density at radius 2 is 2.25 bits per heavy atom. The van der Waals surface area contributed by atoms with E-state index in [2.05, 4.69) is 25.2 Å². The van der Waals surface area contributed by atoms with Crippen molar-refractivity contribution in [2.24, 2.45) is 5.41 Å². The van der Waals surface area contributed by atoms with Gasteiger partial charge in [0, 0.05) is 19.2 Å². The number of nitriles is 1. The van der Waals surface area contributed by atoms with Gasteiger partial charge >= 0.3 is 0 Å². The number of rotatable bonds is 4. The average Bonchev–Trinajstić information content (AvgIpc) is 2.27. The SMILES string of the molecule is CCC1(C)CC(NCC(C)(C)C#N)CCO1. The standard InChI is InChI=1S/C13H24N2O/c1-5-13(4)8-11(6-7-16-13)15-10-12(2,3)9-14/h11,15H,5-8,10H2,1-4H3. The second-order valence-corrected chi connectivity index (χ2v) is 5.72. The van der Waals surface area contributed by atoms with Crippen molar-refractivity contribution >= 4 is 0 Å². The quantitative estimate of drug-likeness (QED) is 0.798. The van der Waals surface area contributed by atoms with E-state index in [-0.39, 0.29) is 11.0 Å². The predicted octanol–water partition coefficient (Wildman–Crippen LogP) is 2.47. The average molecular weight is 224 g/mol. The second-order valence-electron chi connectivity index (χ2n) is 5.72. The fourth-order valence-corrected chi connectivity index (χ4v) is 1.99. The molecule has 1 heterocycles. The summed E-state index contributed by atoms with van der Waals surface area (Å²) in [4.78, 5) is 0. The summed E-state index contributed by atoms with van der Waals surface area (Å²) in [6.07, 6.45) is 3.15. The Morgan fingerprint density at radius 3 is 2.81 bits per heavy atom. The topological polar surface area (TPSA) is 45.0 Å². The molecule has 92 valence electrons. The van der Waals surface area contributed by atoms with E-state index in [0.717, 1.165) is 32.4 Å². The van der Waals surface area contributed by atoms with Crippen molar-refractivity contribution in [1.82, 2.24) is 5.32 Å². The third-order valence-electron chi connectivity index (χ3n) is 3.48. The molecule has 1 N–H and O–H groups in total. The first-order valence-electron chi connectivity index (χ1n) is 6.19. The maximum absolute atomic E-state index is 8.96. The maximum atomic E-state index is 8.96. The zero-order chi connectivity index (χ0) is 12.2. The van der Waals surface area contributed by atoms with Gasteiger partial charge in [-0.25, -0.2) is 0 Å². The highest BCUT2D eigenvalue weighted by molar-refractivity contribution is 4.95. The van der Waals surface area contributed by atoms with Crippen LogP contribution in [0.3, 0.4) is 0 Å². The fourth-order valence-electron chi connectivity index (χ4n) is 1.99. The van der Waals surface area contributed by atoms with Crippen LogP contribution < -0.4 is 5.32 Å². The molecule has 1 rings (SSSR count). The van der Waals surface area contributed by atoms with Gasteiger partial charge in [-0.2, -0.15) is 5.26 Å². The largest absolute Gasteiger partial charge is 0.375 e. The number of nitrogens with zero attached hydrogens (tertiary/aromatic N) is 1. The third kappa shape index (κ3) is 3.77. The highest BCUT2D eigenvalue weighted by Gasteiger charge is 2.32. The van der Waals surface area contributed by atoms with Crippen LogP contribution in [-0.4, -0.2) is 24.8 Å². The van der Waals surface area contributed by atoms with Crippen molar-refractivity contribution in [3.05, 3.63) is 0 Å². The molecule has 1 fully saturated rings. The second kappa shape index (κ2) is 5.16. The molecule has 3 nitrogen and oxygen atoms in total. The van der Waals surface area contributed by atoms with Crippen LogP contribution in [0, 0.1) is 16.7 Å². The maximum Gasteiger partial charge on any atom is 0.0697 e. The van der Waals surface area contributed by atoms with E-state index in [1.807, 2.05) is 13.8 Å². The highest BCUT2D eigenvalue weighted by Crippen LogP contribution is 2.28. The Kier molecular flexibility index (Phi) is 4.35. The molecule has 0 amide bonds. The van der Waals surface area contributed by atoms with Gasteiger partial charge in [0.25, 0.3) is 0 Å². The van der Waals surface area contributed by atoms with Gasteiger partial charge in [-0.1, -0.05) is 6.92 Å². The Balaban J connectivity index is 2.42. The van der Waals surface area contributed by atoms with Gasteiger partial charge in [0.2, 0.25) is 0 Å². The van der Waals surface area contributed by atoms with Gasteiger partial charge in [0.15, 0.2) is 0 Å². The van der Waals surface area contributed by atoms with Crippen LogP contribution in [0.25, 0.3) is 0 Å². The molecular formula is C13H24N2O. The fraction of sp³-hybridized carbons (Fsp3) is 0.923. The minimum absolute atomic E-state index is 0.0205. The van der Waals surface area contributed by atoms with Gasteiger partial charge in [-0.05, 0) is 40.0 Å². The van der Waals surface area contributed by atoms with Crippen molar-refractivity contribution in [2.75, 3.05) is 13.2 Å². The van der Waals surface area contributed by atoms with Crippen molar-refractivity contribution in [3.63, 3.8) is 0 Å². The summed E-state index contributed by atoms with van der Waals surface area (Å²) in [5.74, 6) is 0. The Hall–Kier alpha value is -0.590. The summed E-state index contributed by atoms with van der Waals surface area (Å²) in [6, 6.07) is 2.81. The lowest BCUT2D eigenvalue weighted by molar-refractivity contribution is -0.0783. The molecule has 16 heavy (non-hydrogen) atoms. The van der Waals surface area contributed by atoms with Gasteiger partial charge in [0.1, 0.15) is 0 Å². The first-order valence-corrected chi connectivity index (χ1v) is 6.19. The molecule has 2 unspecified atom stereocenters. The lowest BCUT2D eigenvalue weighted by Crippen LogP contribution is -2.47. The molecule has 1 aliphatic rings. The van der Waals surface area contributed by atoms with Crippen LogP contribution in [-0.2, 0) is 4.74 Å². The van der Waals surface area contributed by atoms with Crippen molar-refractivity contribution in [2.45, 2.75) is 58.6 Å². The lowest BCUT2D eigenvalue weighted by Gasteiger charge is -2.38. The first kappa shape index (κ1) is 13.5. The van der Waals surface area contributed by atoms with E-state index < -0.39 is 0 Å². The molecule has 2 atom stereocenters. The lowest BCUT2D eigenvalue weighted by atomic mass is 9.88. The van der Waals surface area contributed by atoms with Gasteiger partial charge in [0.05, 0.1) is 17.1 Å². The minimum Gasteiger partial charge on any atom is -0.375 e. The Bertz CT molecular complexity index is 270. The molecule has 0 saturated carbocycles. The van der Waals surface area contributed by atoms with Crippen LogP contribution in [0.2, 0.25) is 0 Å². The van der Waals surface area contributed by atoms with Crippen LogP contribution in [0.4, 0.5) is 0 Å². The van der Waals surface area contributed by atoms with Crippen LogP contribution in [0.1, 0.15) is 47.0 Å². The smallest absolute Gasteiger partial charge is 0.0697 e. The number of ether oxygens (including phenoxy) is 1. The normalized spacial score (nSPS) is 31.1. The molecule has 1 saturated heterocycles. The predicted molar refractivity (Wildman–Crippen MR) is 65.1 cm³/mol. The molecule has 0 aliphatic carbocycles. The summed E-state index contributed by atoms with van der Waals surface area (Å²) in [7, 11) is 0. The third-order valence-corrected chi connectivity index (χ3v) is 3.48. The summed E-state index contributed by atoms with van der Waals surface area (Å²) in [5.41, 5.74) is -0.256.